The van der Waals surface area contributed by atoms with Gasteiger partial charge in [0.1, 0.15) is 5.75 Å². The quantitative estimate of drug-likeness (QED) is 0.285. The van der Waals surface area contributed by atoms with Crippen LogP contribution < -0.4 is 29.3 Å². The molecule has 0 spiro atoms. The molecule has 0 atom stereocenters. The van der Waals surface area contributed by atoms with Gasteiger partial charge in [0.25, 0.3) is 0 Å². The number of carboxylic acids is 1. The number of hydrogen-bond acceptors (Lipinski definition) is 4. The van der Waals surface area contributed by atoms with Crippen LogP contribution in [0.5, 0.6) is 5.75 Å². The van der Waals surface area contributed by atoms with Crippen molar-refractivity contribution in [2.45, 2.75) is 19.8 Å². The summed E-state index contributed by atoms with van der Waals surface area (Å²) in [5, 5.41) is 8.45. The predicted molar refractivity (Wildman–Crippen MR) is 64.3 cm³/mol. The Bertz CT molecular complexity index is 440. The van der Waals surface area contributed by atoms with Gasteiger partial charge < -0.3 is 17.0 Å². The van der Waals surface area contributed by atoms with Gasteiger partial charge in [-0.05, 0) is 31.5 Å². The van der Waals surface area contributed by atoms with Crippen LogP contribution in [0, 0.1) is 0 Å². The number of nitrogens with two attached hydrogens (primary N) is 1. The topological polar surface area (TPSA) is 89.6 Å². The first kappa shape index (κ1) is 16.6. The molecule has 0 aliphatic heterocycles. The largest absolute Gasteiger partial charge is 1.00 e. The summed E-state index contributed by atoms with van der Waals surface area (Å²) in [6.45, 7) is 1.73. The van der Waals surface area contributed by atoms with E-state index in [9.17, 15) is 9.59 Å². The van der Waals surface area contributed by atoms with E-state index in [1.54, 1.807) is 18.2 Å². The molecule has 1 rings (SSSR count). The van der Waals surface area contributed by atoms with Gasteiger partial charge in [0.15, 0.2) is 5.78 Å². The molecule has 0 aromatic heterocycles. The number of carbonyl (C=O) groups excluding carboxylic acids is 1. The number of ether oxygens (including phenoxy) is 1. The Morgan fingerprint density at radius 3 is 2.67 bits per heavy atom. The minimum Gasteiger partial charge on any atom is -1.00 e. The fourth-order valence-corrected chi connectivity index (χ4v) is 1.34. The van der Waals surface area contributed by atoms with Crippen molar-refractivity contribution in [3.63, 3.8) is 0 Å². The molecular formula is C12H16LiNO4. The van der Waals surface area contributed by atoms with Gasteiger partial charge in [0.2, 0.25) is 0 Å². The van der Waals surface area contributed by atoms with Crippen molar-refractivity contribution in [3.8, 4) is 5.75 Å². The molecule has 0 radical (unpaired) electrons. The first-order valence-electron chi connectivity index (χ1n) is 5.25. The van der Waals surface area contributed by atoms with Gasteiger partial charge in [-0.3, -0.25) is 9.59 Å². The number of nitrogen functional groups attached to an aromatic ring is 1. The summed E-state index contributed by atoms with van der Waals surface area (Å²) in [6.07, 6.45) is 0.490. The summed E-state index contributed by atoms with van der Waals surface area (Å²) in [7, 11) is 0. The molecule has 0 saturated carbocycles. The molecule has 18 heavy (non-hydrogen) atoms. The van der Waals surface area contributed by atoms with Crippen LogP contribution in [0.1, 0.15) is 31.6 Å². The second-order valence-electron chi connectivity index (χ2n) is 3.65. The Kier molecular flexibility index (Phi) is 7.18. The van der Waals surface area contributed by atoms with Crippen LogP contribution in [-0.2, 0) is 4.79 Å². The van der Waals surface area contributed by atoms with E-state index in [4.69, 9.17) is 15.6 Å². The minimum atomic E-state index is -0.852. The van der Waals surface area contributed by atoms with Gasteiger partial charge in [-0.25, -0.2) is 0 Å². The van der Waals surface area contributed by atoms with Gasteiger partial charge in [0, 0.05) is 17.7 Å². The number of carbonyl (C=O) groups is 2. The average Bonchev–Trinajstić information content (AvgIpc) is 2.25. The normalized spacial score (nSPS) is 9.39. The number of rotatable bonds is 6. The van der Waals surface area contributed by atoms with Crippen LogP contribution >= 0.6 is 0 Å². The molecule has 0 aliphatic rings. The molecule has 0 aliphatic carbocycles. The van der Waals surface area contributed by atoms with Gasteiger partial charge in [-0.1, -0.05) is 0 Å². The second kappa shape index (κ2) is 7.80. The molecule has 6 heteroatoms. The van der Waals surface area contributed by atoms with E-state index in [-0.39, 0.29) is 32.5 Å². The average molecular weight is 245 g/mol. The van der Waals surface area contributed by atoms with Crippen LogP contribution in [0.25, 0.3) is 0 Å². The van der Waals surface area contributed by atoms with Crippen molar-refractivity contribution < 1.29 is 39.7 Å². The molecule has 0 heterocycles. The van der Waals surface area contributed by atoms with Gasteiger partial charge in [0.05, 0.1) is 6.61 Å². The van der Waals surface area contributed by atoms with E-state index in [1.165, 1.54) is 6.92 Å². The molecule has 1 aromatic rings. The molecule has 0 fully saturated rings. The van der Waals surface area contributed by atoms with Crippen LogP contribution in [0.15, 0.2) is 18.2 Å². The number of Topliss-reactive ketones (excluding diaryl/α,β-unsaturated/α-hetero) is 1. The fraction of sp³-hybridized carbons (Fsp3) is 0.333. The van der Waals surface area contributed by atoms with Crippen LogP contribution in [0.4, 0.5) is 5.69 Å². The number of aliphatic carboxylic acids is 1. The van der Waals surface area contributed by atoms with Gasteiger partial charge in [-0.2, -0.15) is 0 Å². The number of anilines is 1. The fourth-order valence-electron chi connectivity index (χ4n) is 1.34. The van der Waals surface area contributed by atoms with E-state index >= 15 is 0 Å². The summed E-state index contributed by atoms with van der Waals surface area (Å²) in [5.41, 5.74) is 6.46. The van der Waals surface area contributed by atoms with Crippen molar-refractivity contribution in [2.24, 2.45) is 0 Å². The zero-order valence-electron chi connectivity index (χ0n) is 11.6. The predicted octanol–water partition coefficient (Wildman–Crippen LogP) is -1.17. The number of ketones is 1. The van der Waals surface area contributed by atoms with Crippen molar-refractivity contribution in [2.75, 3.05) is 12.3 Å². The first-order chi connectivity index (χ1) is 8.00. The molecule has 0 amide bonds. The van der Waals surface area contributed by atoms with E-state index in [0.29, 0.717) is 30.0 Å². The summed E-state index contributed by atoms with van der Waals surface area (Å²) < 4.78 is 5.33. The van der Waals surface area contributed by atoms with E-state index in [0.717, 1.165) is 0 Å². The zero-order valence-corrected chi connectivity index (χ0v) is 10.6. The van der Waals surface area contributed by atoms with Crippen molar-refractivity contribution in [1.82, 2.24) is 0 Å². The maximum Gasteiger partial charge on any atom is 1.00 e. The van der Waals surface area contributed by atoms with E-state index < -0.39 is 5.97 Å². The van der Waals surface area contributed by atoms with Crippen molar-refractivity contribution in [1.29, 1.82) is 0 Å². The summed E-state index contributed by atoms with van der Waals surface area (Å²) in [5.74, 6) is -0.455. The Balaban J connectivity index is 0. The molecule has 0 bridgehead atoms. The Morgan fingerprint density at radius 2 is 2.11 bits per heavy atom. The van der Waals surface area contributed by atoms with Crippen LogP contribution in [0.2, 0.25) is 0 Å². The Morgan fingerprint density at radius 1 is 1.44 bits per heavy atom. The number of benzene rings is 1. The summed E-state index contributed by atoms with van der Waals surface area (Å²) in [6, 6.07) is 4.82. The van der Waals surface area contributed by atoms with E-state index in [1.807, 2.05) is 0 Å². The molecule has 5 nitrogen and oxygen atoms in total. The summed E-state index contributed by atoms with van der Waals surface area (Å²) >= 11 is 0. The maximum atomic E-state index is 11.2. The monoisotopic (exact) mass is 245 g/mol. The summed E-state index contributed by atoms with van der Waals surface area (Å²) in [4.78, 5) is 21.5. The third-order valence-corrected chi connectivity index (χ3v) is 2.21. The minimum absolute atomic E-state index is 0. The third-order valence-electron chi connectivity index (χ3n) is 2.21. The third kappa shape index (κ3) is 5.26. The van der Waals surface area contributed by atoms with Gasteiger partial charge >= 0.3 is 24.8 Å². The molecular weight excluding hydrogens is 229 g/mol. The smallest absolute Gasteiger partial charge is 1.00 e. The molecule has 3 N–H and O–H groups in total. The zero-order chi connectivity index (χ0) is 12.8. The molecule has 1 aromatic carbocycles. The van der Waals surface area contributed by atoms with E-state index in [2.05, 4.69) is 0 Å². The van der Waals surface area contributed by atoms with Gasteiger partial charge in [-0.15, -0.1) is 0 Å². The standard InChI is InChI=1S/C12H15NO4.Li.H/c1-8(14)10-7-9(4-5-11(10)13)17-6-2-3-12(15)16;;/h4-5,7H,2-3,6,13H2,1H3,(H,15,16);;/q;+1;-1. The second-order valence-corrected chi connectivity index (χ2v) is 3.65. The Hall–Kier alpha value is -1.44. The van der Waals surface area contributed by atoms with Crippen molar-refractivity contribution >= 4 is 17.4 Å². The van der Waals surface area contributed by atoms with Crippen LogP contribution in [-0.4, -0.2) is 23.5 Å². The number of hydrogen-bond donors (Lipinski definition) is 2. The molecule has 94 valence electrons. The molecule has 0 unspecified atom stereocenters. The number of carboxylic acid groups (broad SMARTS) is 1. The van der Waals surface area contributed by atoms with Crippen LogP contribution in [0.3, 0.4) is 0 Å². The first-order valence-corrected chi connectivity index (χ1v) is 5.25. The Labute approximate surface area is 119 Å². The van der Waals surface area contributed by atoms with Crippen molar-refractivity contribution in [3.05, 3.63) is 23.8 Å². The molecule has 0 saturated heterocycles. The SMILES string of the molecule is CC(=O)c1cc(OCCCC(=O)O)ccc1N.[H-].[Li+]. The maximum absolute atomic E-state index is 11.2.